The van der Waals surface area contributed by atoms with Gasteiger partial charge in [-0.05, 0) is 36.6 Å². The van der Waals surface area contributed by atoms with Gasteiger partial charge in [0, 0.05) is 31.4 Å². The lowest BCUT2D eigenvalue weighted by Gasteiger charge is -2.17. The SMILES string of the molecule is CN(C)c1ccc(/C=C(\C#N)C(=O)O[C@H](C(=O)NC2CC2)c2ccccc2)cc1. The zero-order valence-corrected chi connectivity index (χ0v) is 16.5. The lowest BCUT2D eigenvalue weighted by molar-refractivity contribution is -0.152. The number of anilines is 1. The highest BCUT2D eigenvalue weighted by atomic mass is 16.5. The summed E-state index contributed by atoms with van der Waals surface area (Å²) in [5, 5.41) is 12.3. The van der Waals surface area contributed by atoms with Crippen molar-refractivity contribution in [3.63, 3.8) is 0 Å². The van der Waals surface area contributed by atoms with Crippen molar-refractivity contribution in [2.24, 2.45) is 0 Å². The van der Waals surface area contributed by atoms with E-state index in [9.17, 15) is 14.9 Å². The van der Waals surface area contributed by atoms with Gasteiger partial charge in [-0.2, -0.15) is 5.26 Å². The first-order chi connectivity index (χ1) is 14.0. The Balaban J connectivity index is 1.79. The molecule has 3 rings (SSSR count). The highest BCUT2D eigenvalue weighted by Gasteiger charge is 2.31. The van der Waals surface area contributed by atoms with Crippen LogP contribution in [0.3, 0.4) is 0 Å². The minimum Gasteiger partial charge on any atom is -0.443 e. The van der Waals surface area contributed by atoms with Crippen molar-refractivity contribution in [2.45, 2.75) is 25.0 Å². The normalized spacial score (nSPS) is 14.4. The molecule has 0 aliphatic heterocycles. The lowest BCUT2D eigenvalue weighted by Crippen LogP contribution is -2.33. The van der Waals surface area contributed by atoms with Crippen LogP contribution >= 0.6 is 0 Å². The van der Waals surface area contributed by atoms with Crippen LogP contribution < -0.4 is 10.2 Å². The fourth-order valence-corrected chi connectivity index (χ4v) is 2.75. The van der Waals surface area contributed by atoms with Crippen molar-refractivity contribution < 1.29 is 14.3 Å². The number of hydrogen-bond acceptors (Lipinski definition) is 5. The van der Waals surface area contributed by atoms with Crippen molar-refractivity contribution >= 4 is 23.6 Å². The molecule has 0 spiro atoms. The van der Waals surface area contributed by atoms with E-state index >= 15 is 0 Å². The number of rotatable bonds is 7. The number of amides is 1. The van der Waals surface area contributed by atoms with Gasteiger partial charge in [-0.25, -0.2) is 4.79 Å². The van der Waals surface area contributed by atoms with E-state index in [1.807, 2.05) is 55.4 Å². The summed E-state index contributed by atoms with van der Waals surface area (Å²) in [4.78, 5) is 27.2. The lowest BCUT2D eigenvalue weighted by atomic mass is 10.1. The Labute approximate surface area is 170 Å². The maximum absolute atomic E-state index is 12.6. The van der Waals surface area contributed by atoms with Crippen LogP contribution in [0.25, 0.3) is 6.08 Å². The second-order valence-electron chi connectivity index (χ2n) is 7.13. The van der Waals surface area contributed by atoms with Gasteiger partial charge in [-0.1, -0.05) is 42.5 Å². The molecule has 1 saturated carbocycles. The molecule has 29 heavy (non-hydrogen) atoms. The van der Waals surface area contributed by atoms with Crippen molar-refractivity contribution in [3.05, 3.63) is 71.3 Å². The smallest absolute Gasteiger partial charge is 0.350 e. The molecular formula is C23H23N3O3. The van der Waals surface area contributed by atoms with Crippen LogP contribution in [0.5, 0.6) is 0 Å². The first-order valence-electron chi connectivity index (χ1n) is 9.43. The zero-order chi connectivity index (χ0) is 20.8. The van der Waals surface area contributed by atoms with E-state index in [0.717, 1.165) is 18.5 Å². The number of ether oxygens (including phenoxy) is 1. The molecule has 148 valence electrons. The number of esters is 1. The number of nitrogens with zero attached hydrogens (tertiary/aromatic N) is 2. The quantitative estimate of drug-likeness (QED) is 0.447. The molecular weight excluding hydrogens is 366 g/mol. The Morgan fingerprint density at radius 3 is 2.34 bits per heavy atom. The maximum Gasteiger partial charge on any atom is 0.350 e. The van der Waals surface area contributed by atoms with Crippen LogP contribution in [-0.2, 0) is 14.3 Å². The van der Waals surface area contributed by atoms with Gasteiger partial charge < -0.3 is 15.0 Å². The molecule has 1 aliphatic rings. The number of hydrogen-bond donors (Lipinski definition) is 1. The van der Waals surface area contributed by atoms with Crippen LogP contribution in [0.4, 0.5) is 5.69 Å². The van der Waals surface area contributed by atoms with Crippen LogP contribution in [0.2, 0.25) is 0 Å². The fourth-order valence-electron chi connectivity index (χ4n) is 2.75. The first-order valence-corrected chi connectivity index (χ1v) is 9.43. The molecule has 0 saturated heterocycles. The van der Waals surface area contributed by atoms with Crippen molar-refractivity contribution in [1.82, 2.24) is 5.32 Å². The Hall–Kier alpha value is -3.59. The molecule has 1 N–H and O–H groups in total. The van der Waals surface area contributed by atoms with Gasteiger partial charge in [0.05, 0.1) is 0 Å². The molecule has 1 aliphatic carbocycles. The molecule has 6 heteroatoms. The van der Waals surface area contributed by atoms with E-state index in [-0.39, 0.29) is 17.5 Å². The highest BCUT2D eigenvalue weighted by molar-refractivity contribution is 5.99. The summed E-state index contributed by atoms with van der Waals surface area (Å²) < 4.78 is 5.46. The number of nitrogens with one attached hydrogen (secondary N) is 1. The monoisotopic (exact) mass is 389 g/mol. The van der Waals surface area contributed by atoms with Crippen LogP contribution in [0.15, 0.2) is 60.2 Å². The second-order valence-corrected chi connectivity index (χ2v) is 7.13. The first kappa shape index (κ1) is 20.2. The Bertz CT molecular complexity index is 940. The average molecular weight is 389 g/mol. The zero-order valence-electron chi connectivity index (χ0n) is 16.5. The molecule has 0 aromatic heterocycles. The second kappa shape index (κ2) is 9.07. The summed E-state index contributed by atoms with van der Waals surface area (Å²) in [5.41, 5.74) is 2.10. The maximum atomic E-state index is 12.6. The standard InChI is InChI=1S/C23H23N3O3/c1-26(2)20-12-8-16(9-13-20)14-18(15-24)23(28)29-21(17-6-4-3-5-7-17)22(27)25-19-10-11-19/h3-9,12-14,19,21H,10-11H2,1-2H3,(H,25,27)/b18-14+/t21-/m0/s1. The van der Waals surface area contributed by atoms with Gasteiger partial charge in [0.25, 0.3) is 5.91 Å². The molecule has 0 bridgehead atoms. The largest absolute Gasteiger partial charge is 0.443 e. The number of carbonyl (C=O) groups excluding carboxylic acids is 2. The number of benzene rings is 2. The molecule has 1 atom stereocenters. The van der Waals surface area contributed by atoms with Gasteiger partial charge in [-0.15, -0.1) is 0 Å². The van der Waals surface area contributed by atoms with Crippen LogP contribution in [0.1, 0.15) is 30.1 Å². The van der Waals surface area contributed by atoms with E-state index in [0.29, 0.717) is 11.1 Å². The van der Waals surface area contributed by atoms with Gasteiger partial charge in [0.2, 0.25) is 6.10 Å². The van der Waals surface area contributed by atoms with Gasteiger partial charge in [-0.3, -0.25) is 4.79 Å². The highest BCUT2D eigenvalue weighted by Crippen LogP contribution is 2.24. The Kier molecular flexibility index (Phi) is 6.30. The third kappa shape index (κ3) is 5.45. The van der Waals surface area contributed by atoms with E-state index < -0.39 is 12.1 Å². The topological polar surface area (TPSA) is 82.4 Å². The summed E-state index contributed by atoms with van der Waals surface area (Å²) in [6.07, 6.45) is 2.21. The van der Waals surface area contributed by atoms with E-state index in [4.69, 9.17) is 4.74 Å². The summed E-state index contributed by atoms with van der Waals surface area (Å²) in [6.45, 7) is 0. The summed E-state index contributed by atoms with van der Waals surface area (Å²) in [5.74, 6) is -1.20. The number of nitriles is 1. The molecule has 0 heterocycles. The Morgan fingerprint density at radius 1 is 1.14 bits per heavy atom. The molecule has 2 aromatic carbocycles. The predicted octanol–water partition coefficient (Wildman–Crippen LogP) is 3.22. The van der Waals surface area contributed by atoms with E-state index in [1.165, 1.54) is 6.08 Å². The average Bonchev–Trinajstić information content (AvgIpc) is 3.54. The van der Waals surface area contributed by atoms with Crippen molar-refractivity contribution in [2.75, 3.05) is 19.0 Å². The molecule has 0 radical (unpaired) electrons. The third-order valence-electron chi connectivity index (χ3n) is 4.55. The van der Waals surface area contributed by atoms with Gasteiger partial charge in [0.15, 0.2) is 0 Å². The minimum atomic E-state index is -1.10. The molecule has 0 unspecified atom stereocenters. The van der Waals surface area contributed by atoms with Crippen molar-refractivity contribution in [1.29, 1.82) is 5.26 Å². The van der Waals surface area contributed by atoms with Crippen LogP contribution in [0, 0.1) is 11.3 Å². The minimum absolute atomic E-state index is 0.133. The van der Waals surface area contributed by atoms with E-state index in [2.05, 4.69) is 5.32 Å². The summed E-state index contributed by atoms with van der Waals surface area (Å²) in [7, 11) is 3.86. The summed E-state index contributed by atoms with van der Waals surface area (Å²) >= 11 is 0. The molecule has 1 amide bonds. The fraction of sp³-hybridized carbons (Fsp3) is 0.261. The summed E-state index contributed by atoms with van der Waals surface area (Å²) in [6, 6.07) is 18.2. The molecule has 2 aromatic rings. The number of carbonyl (C=O) groups is 2. The predicted molar refractivity (Wildman–Crippen MR) is 111 cm³/mol. The molecule has 6 nitrogen and oxygen atoms in total. The molecule has 1 fully saturated rings. The van der Waals surface area contributed by atoms with Crippen molar-refractivity contribution in [3.8, 4) is 6.07 Å². The Morgan fingerprint density at radius 2 is 1.79 bits per heavy atom. The third-order valence-corrected chi connectivity index (χ3v) is 4.55. The van der Waals surface area contributed by atoms with Gasteiger partial charge in [0.1, 0.15) is 11.6 Å². The van der Waals surface area contributed by atoms with E-state index in [1.54, 1.807) is 24.3 Å². The van der Waals surface area contributed by atoms with Gasteiger partial charge >= 0.3 is 5.97 Å². The van der Waals surface area contributed by atoms with Crippen LogP contribution in [-0.4, -0.2) is 32.0 Å².